The molecule has 2 aliphatic carbocycles. The number of fused-ring (bicyclic) bond motifs is 3. The summed E-state index contributed by atoms with van der Waals surface area (Å²) in [6, 6.07) is -0.932. The van der Waals surface area contributed by atoms with Crippen molar-refractivity contribution in [3.8, 4) is 0 Å². The van der Waals surface area contributed by atoms with Gasteiger partial charge in [-0.25, -0.2) is 0 Å². The van der Waals surface area contributed by atoms with Crippen LogP contribution in [0.2, 0.25) is 0 Å². The molecule has 7 fully saturated rings. The molecule has 5 saturated heterocycles. The lowest BCUT2D eigenvalue weighted by molar-refractivity contribution is -0.151. The SMILES string of the molecule is CNC(=O)[C@H]1NC(=O)[C@H]2CN(C(=O)c3cnn(CC4CCOCC4)c3)CC23CN(C3)C(=O)[C@H]2C([C@H]1OCC1CCCCC1)C2(C)C. The number of carbonyl (C=O) groups is 4. The highest BCUT2D eigenvalue weighted by molar-refractivity contribution is 5.96. The minimum atomic E-state index is -0.932. The molecule has 0 aromatic carbocycles. The maximum Gasteiger partial charge on any atom is 0.257 e. The minimum absolute atomic E-state index is 0.0646. The maximum absolute atomic E-state index is 14.2. The van der Waals surface area contributed by atoms with E-state index in [2.05, 4.69) is 29.6 Å². The quantitative estimate of drug-likeness (QED) is 0.464. The molecular weight excluding hydrogens is 588 g/mol. The van der Waals surface area contributed by atoms with Crippen LogP contribution in [0.1, 0.15) is 69.2 Å². The first-order valence-electron chi connectivity index (χ1n) is 17.4. The van der Waals surface area contributed by atoms with Crippen molar-refractivity contribution in [3.05, 3.63) is 18.0 Å². The van der Waals surface area contributed by atoms with Crippen LogP contribution in [-0.2, 0) is 30.4 Å². The molecule has 252 valence electrons. The van der Waals surface area contributed by atoms with Gasteiger partial charge in [-0.1, -0.05) is 33.1 Å². The van der Waals surface area contributed by atoms with Gasteiger partial charge in [-0.15, -0.1) is 0 Å². The van der Waals surface area contributed by atoms with Crippen LogP contribution in [0.15, 0.2) is 12.4 Å². The number of likely N-dealkylation sites (N-methyl/N-ethyl adjacent to an activating group) is 1. The summed E-state index contributed by atoms with van der Waals surface area (Å²) in [5.41, 5.74) is -0.425. The smallest absolute Gasteiger partial charge is 0.257 e. The largest absolute Gasteiger partial charge is 0.381 e. The van der Waals surface area contributed by atoms with E-state index in [9.17, 15) is 19.2 Å². The van der Waals surface area contributed by atoms with Crippen molar-refractivity contribution < 1.29 is 28.7 Å². The predicted octanol–water partition coefficient (Wildman–Crippen LogP) is 1.69. The Morgan fingerprint density at radius 3 is 2.52 bits per heavy atom. The van der Waals surface area contributed by atoms with Crippen LogP contribution in [0.4, 0.5) is 0 Å². The van der Waals surface area contributed by atoms with E-state index in [0.717, 1.165) is 45.4 Å². The van der Waals surface area contributed by atoms with Gasteiger partial charge >= 0.3 is 0 Å². The monoisotopic (exact) mass is 638 g/mol. The third-order valence-electron chi connectivity index (χ3n) is 12.2. The van der Waals surface area contributed by atoms with Gasteiger partial charge in [0, 0.05) is 83.0 Å². The topological polar surface area (TPSA) is 135 Å². The summed E-state index contributed by atoms with van der Waals surface area (Å²) in [5, 5.41) is 10.3. The molecule has 5 atom stereocenters. The van der Waals surface area contributed by atoms with Crippen LogP contribution >= 0.6 is 0 Å². The molecule has 2 saturated carbocycles. The Morgan fingerprint density at radius 2 is 1.80 bits per heavy atom. The molecule has 12 nitrogen and oxygen atoms in total. The van der Waals surface area contributed by atoms with Crippen molar-refractivity contribution in [2.45, 2.75) is 77.5 Å². The lowest BCUT2D eigenvalue weighted by Gasteiger charge is -2.50. The first kappa shape index (κ1) is 31.6. The number of nitrogens with one attached hydrogen (secondary N) is 2. The van der Waals surface area contributed by atoms with Crippen LogP contribution < -0.4 is 10.6 Å². The van der Waals surface area contributed by atoms with Gasteiger partial charge in [0.1, 0.15) is 6.04 Å². The van der Waals surface area contributed by atoms with Crippen LogP contribution in [0, 0.1) is 40.4 Å². The average molecular weight is 639 g/mol. The highest BCUT2D eigenvalue weighted by Gasteiger charge is 2.70. The number of hydrogen-bond donors (Lipinski definition) is 2. The third kappa shape index (κ3) is 5.63. The van der Waals surface area contributed by atoms with Gasteiger partial charge in [0.2, 0.25) is 17.7 Å². The van der Waals surface area contributed by atoms with Crippen molar-refractivity contribution in [1.82, 2.24) is 30.2 Å². The molecule has 12 heteroatoms. The van der Waals surface area contributed by atoms with E-state index in [1.54, 1.807) is 24.3 Å². The van der Waals surface area contributed by atoms with Gasteiger partial charge in [-0.3, -0.25) is 23.9 Å². The number of hydrogen-bond acceptors (Lipinski definition) is 7. The lowest BCUT2D eigenvalue weighted by atomic mass is 9.71. The fourth-order valence-electron chi connectivity index (χ4n) is 9.30. The van der Waals surface area contributed by atoms with Gasteiger partial charge in [0.05, 0.1) is 23.8 Å². The standard InChI is InChI=1S/C34H50N6O6/c1-33(2)25-26(33)32(44)39-19-34(20-39)18-38(31(43)23-13-36-40(15-23)14-21-9-11-45-12-10-21)16-24(34)29(41)37-27(30(42)35-3)28(25)46-17-22-7-5-4-6-8-22/h13,15,21-22,24-28H,4-12,14,16-20H2,1-3H3,(H,35,42)(H,37,41)/t24-,25?,26-,27+,28-/m1/s1. The highest BCUT2D eigenvalue weighted by atomic mass is 16.5. The number of amides is 4. The van der Waals surface area contributed by atoms with Gasteiger partial charge in [0.15, 0.2) is 0 Å². The lowest BCUT2D eigenvalue weighted by Crippen LogP contribution is -2.65. The molecule has 5 aliphatic heterocycles. The Morgan fingerprint density at radius 1 is 1.07 bits per heavy atom. The number of likely N-dealkylation sites (tertiary alicyclic amines) is 1. The van der Waals surface area contributed by atoms with E-state index in [-0.39, 0.29) is 47.4 Å². The number of nitrogens with zero attached hydrogens (tertiary/aromatic N) is 4. The van der Waals surface area contributed by atoms with Crippen LogP contribution in [0.25, 0.3) is 0 Å². The normalized spacial score (nSPS) is 32.5. The van der Waals surface area contributed by atoms with E-state index in [1.165, 1.54) is 19.3 Å². The Hall–Kier alpha value is -2.99. The van der Waals surface area contributed by atoms with Crippen LogP contribution in [-0.4, -0.2) is 108 Å². The summed E-state index contributed by atoms with van der Waals surface area (Å²) in [6.07, 6.45) is 10.5. The van der Waals surface area contributed by atoms with Crippen molar-refractivity contribution in [2.24, 2.45) is 40.4 Å². The molecule has 2 N–H and O–H groups in total. The molecule has 4 amide bonds. The second kappa shape index (κ2) is 12.2. The van der Waals surface area contributed by atoms with Crippen molar-refractivity contribution in [1.29, 1.82) is 0 Å². The molecule has 8 rings (SSSR count). The first-order chi connectivity index (χ1) is 22.1. The Kier molecular flexibility index (Phi) is 8.40. The van der Waals surface area contributed by atoms with Crippen molar-refractivity contribution in [3.63, 3.8) is 0 Å². The number of carbonyl (C=O) groups excluding carboxylic acids is 4. The first-order valence-corrected chi connectivity index (χ1v) is 17.4. The number of rotatable bonds is 7. The zero-order valence-electron chi connectivity index (χ0n) is 27.5. The molecule has 0 radical (unpaired) electrons. The summed E-state index contributed by atoms with van der Waals surface area (Å²) in [4.78, 5) is 59.1. The predicted molar refractivity (Wildman–Crippen MR) is 167 cm³/mol. The van der Waals surface area contributed by atoms with E-state index in [1.807, 2.05) is 9.58 Å². The molecule has 1 aromatic heterocycles. The number of aromatic nitrogens is 2. The van der Waals surface area contributed by atoms with Gasteiger partial charge in [0.25, 0.3) is 5.91 Å². The molecule has 1 spiro atoms. The number of ether oxygens (including phenoxy) is 2. The summed E-state index contributed by atoms with van der Waals surface area (Å²) in [5.74, 6) is -0.810. The molecule has 46 heavy (non-hydrogen) atoms. The Balaban J connectivity index is 1.12. The highest BCUT2D eigenvalue weighted by Crippen LogP contribution is 2.63. The molecule has 2 bridgehead atoms. The minimum Gasteiger partial charge on any atom is -0.381 e. The second-order valence-electron chi connectivity index (χ2n) is 15.5. The van der Waals surface area contributed by atoms with Gasteiger partial charge in [-0.05, 0) is 42.9 Å². The van der Waals surface area contributed by atoms with Gasteiger partial charge in [-0.2, -0.15) is 5.10 Å². The van der Waals surface area contributed by atoms with E-state index in [4.69, 9.17) is 9.47 Å². The summed E-state index contributed by atoms with van der Waals surface area (Å²) in [7, 11) is 1.57. The van der Waals surface area contributed by atoms with Crippen molar-refractivity contribution >= 4 is 23.6 Å². The molecular formula is C34H50N6O6. The molecule has 7 aliphatic rings. The molecule has 1 unspecified atom stereocenters. The summed E-state index contributed by atoms with van der Waals surface area (Å²) in [6.45, 7) is 8.36. The Bertz CT molecular complexity index is 1340. The van der Waals surface area contributed by atoms with E-state index >= 15 is 0 Å². The zero-order chi connectivity index (χ0) is 32.2. The fraction of sp³-hybridized carbons (Fsp3) is 0.794. The van der Waals surface area contributed by atoms with E-state index < -0.39 is 23.5 Å². The van der Waals surface area contributed by atoms with Crippen LogP contribution in [0.5, 0.6) is 0 Å². The Labute approximate surface area is 271 Å². The molecule has 1 aromatic rings. The second-order valence-corrected chi connectivity index (χ2v) is 15.5. The third-order valence-corrected chi connectivity index (χ3v) is 12.2. The van der Waals surface area contributed by atoms with Gasteiger partial charge < -0.3 is 29.9 Å². The molecule has 6 heterocycles. The van der Waals surface area contributed by atoms with Crippen LogP contribution in [0.3, 0.4) is 0 Å². The summed E-state index contributed by atoms with van der Waals surface area (Å²) >= 11 is 0. The zero-order valence-corrected chi connectivity index (χ0v) is 27.5. The fourth-order valence-corrected chi connectivity index (χ4v) is 9.30. The summed E-state index contributed by atoms with van der Waals surface area (Å²) < 4.78 is 13.9. The maximum atomic E-state index is 14.2. The van der Waals surface area contributed by atoms with Crippen molar-refractivity contribution in [2.75, 3.05) is 53.0 Å². The average Bonchev–Trinajstić information content (AvgIpc) is 3.37. The van der Waals surface area contributed by atoms with E-state index in [0.29, 0.717) is 43.6 Å².